The molecule has 4 heterocycles. The van der Waals surface area contributed by atoms with Gasteiger partial charge in [0.1, 0.15) is 23.1 Å². The van der Waals surface area contributed by atoms with E-state index in [4.69, 9.17) is 26.8 Å². The second-order valence-electron chi connectivity index (χ2n) is 15.9. The largest absolute Gasteiger partial charge is 0.496 e. The van der Waals surface area contributed by atoms with Gasteiger partial charge in [-0.2, -0.15) is 4.98 Å². The highest BCUT2D eigenvalue weighted by atomic mass is 35.5. The van der Waals surface area contributed by atoms with Crippen molar-refractivity contribution in [1.29, 1.82) is 0 Å². The number of aromatic nitrogens is 4. The van der Waals surface area contributed by atoms with E-state index in [0.29, 0.717) is 55.9 Å². The van der Waals surface area contributed by atoms with Gasteiger partial charge in [0.25, 0.3) is 0 Å². The van der Waals surface area contributed by atoms with E-state index in [9.17, 15) is 19.2 Å². The first-order valence-corrected chi connectivity index (χ1v) is 22.0. The van der Waals surface area contributed by atoms with Crippen molar-refractivity contribution in [2.75, 3.05) is 41.2 Å². The molecule has 0 aliphatic carbocycles. The zero-order valence-corrected chi connectivity index (χ0v) is 40.0. The molecule has 4 aromatic carbocycles. The number of hydrogen-bond acceptors (Lipinski definition) is 14. The van der Waals surface area contributed by atoms with Crippen molar-refractivity contribution in [3.05, 3.63) is 155 Å². The number of allylic oxidation sites excluding steroid dienone is 1. The Hall–Kier alpha value is -8.31. The fraction of sp³-hybridized carbons (Fsp3) is 0.216. The maximum Gasteiger partial charge on any atom is 0.247 e. The standard InChI is InChI=1S/C25H26N6O3.C15H14ClN3O.C11H14N2O2/c1-5-23(33)27-17-7-6-8-18(11-17)28-24-15(2)12-26-25(30-24)29-21-9-10-22(34-4)20-14-31(16(3)32)13-19(20)21;1-3-13(20)8-11-5-4-6-12(7-11)18-14-10(2)9-17-15(16)19-14;1-7(14)13-5-8-9(6-13)11(15-2)4-3-10(8)12/h5-12H,1,13-14H2,2-4H3,(H,27,33)(H2,26,28,29,30);3-7,9H,1,8H2,2H3,(H,17,18,19);3-4H,5-6,12H2,1-2H3. The van der Waals surface area contributed by atoms with Crippen LogP contribution < -0.4 is 36.5 Å². The van der Waals surface area contributed by atoms with E-state index in [2.05, 4.69) is 54.4 Å². The summed E-state index contributed by atoms with van der Waals surface area (Å²) in [5, 5.41) is 12.7. The fourth-order valence-electron chi connectivity index (χ4n) is 7.37. The summed E-state index contributed by atoms with van der Waals surface area (Å²) in [4.78, 5) is 66.8. The number of ether oxygens (including phenoxy) is 2. The summed E-state index contributed by atoms with van der Waals surface area (Å²) in [5.74, 6) is 3.03. The van der Waals surface area contributed by atoms with Crippen LogP contribution in [-0.4, -0.2) is 67.5 Å². The highest BCUT2D eigenvalue weighted by Gasteiger charge is 2.28. The molecule has 8 rings (SSSR count). The third-order valence-electron chi connectivity index (χ3n) is 11.1. The first kappa shape index (κ1) is 50.1. The molecule has 3 amide bonds. The van der Waals surface area contributed by atoms with Gasteiger partial charge in [-0.05, 0) is 97.8 Å². The summed E-state index contributed by atoms with van der Waals surface area (Å²) in [7, 11) is 3.25. The number of nitrogens with zero attached hydrogens (tertiary/aromatic N) is 6. The molecule has 69 heavy (non-hydrogen) atoms. The van der Waals surface area contributed by atoms with E-state index in [1.54, 1.807) is 56.3 Å². The van der Waals surface area contributed by atoms with Crippen LogP contribution in [-0.2, 0) is 51.8 Å². The molecule has 2 aliphatic heterocycles. The van der Waals surface area contributed by atoms with E-state index in [1.807, 2.05) is 80.6 Å². The number of nitrogens with two attached hydrogens (primary N) is 1. The number of halogens is 1. The van der Waals surface area contributed by atoms with Crippen LogP contribution in [0.2, 0.25) is 5.28 Å². The van der Waals surface area contributed by atoms with Gasteiger partial charge < -0.3 is 46.3 Å². The number of nitrogens with one attached hydrogen (secondary N) is 4. The average Bonchev–Trinajstić information content (AvgIpc) is 4.00. The summed E-state index contributed by atoms with van der Waals surface area (Å²) in [6.45, 7) is 16.0. The van der Waals surface area contributed by atoms with Gasteiger partial charge in [-0.1, -0.05) is 31.4 Å². The Morgan fingerprint density at radius 1 is 0.696 bits per heavy atom. The van der Waals surface area contributed by atoms with Crippen LogP contribution in [0.4, 0.5) is 46.0 Å². The number of ketones is 1. The highest BCUT2D eigenvalue weighted by molar-refractivity contribution is 6.28. The monoisotopic (exact) mass is 951 g/mol. The van der Waals surface area contributed by atoms with E-state index in [-0.39, 0.29) is 28.8 Å². The van der Waals surface area contributed by atoms with Crippen LogP contribution in [0.1, 0.15) is 52.8 Å². The molecule has 2 aromatic heterocycles. The zero-order valence-electron chi connectivity index (χ0n) is 39.3. The Bertz CT molecular complexity index is 2930. The van der Waals surface area contributed by atoms with E-state index in [1.165, 1.54) is 12.2 Å². The first-order chi connectivity index (χ1) is 33.1. The number of fused-ring (bicyclic) bond motifs is 2. The highest BCUT2D eigenvalue weighted by Crippen LogP contribution is 2.38. The van der Waals surface area contributed by atoms with Gasteiger partial charge in [-0.3, -0.25) is 19.2 Å². The van der Waals surface area contributed by atoms with Crippen molar-refractivity contribution in [2.45, 2.75) is 60.3 Å². The van der Waals surface area contributed by atoms with Gasteiger partial charge in [0.2, 0.25) is 29.0 Å². The van der Waals surface area contributed by atoms with Crippen molar-refractivity contribution in [3.8, 4) is 11.5 Å². The number of benzene rings is 4. The molecule has 0 fully saturated rings. The van der Waals surface area contributed by atoms with E-state index in [0.717, 1.165) is 73.2 Å². The number of amides is 3. The van der Waals surface area contributed by atoms with Gasteiger partial charge in [-0.15, -0.1) is 0 Å². The molecule has 0 radical (unpaired) electrons. The molecule has 0 spiro atoms. The lowest BCUT2D eigenvalue weighted by molar-refractivity contribution is -0.130. The number of hydrogen-bond donors (Lipinski definition) is 5. The van der Waals surface area contributed by atoms with Crippen molar-refractivity contribution in [1.82, 2.24) is 29.7 Å². The number of nitrogen functional groups attached to an aromatic ring is 1. The SMILES string of the molecule is C=CC(=O)Cc1cccc(Nc2nc(Cl)ncc2C)c1.C=CC(=O)Nc1cccc(Nc2nc(Nc3ccc(OC)c4c3CN(C(C)=O)C4)ncc2C)c1.COc1ccc(N)c2c1CN(C(C)=O)C2. The normalized spacial score (nSPS) is 11.9. The number of aryl methyl sites for hydroxylation is 2. The molecular weight excluding hydrogens is 898 g/mol. The predicted molar refractivity (Wildman–Crippen MR) is 269 cm³/mol. The molecule has 6 N–H and O–H groups in total. The summed E-state index contributed by atoms with van der Waals surface area (Å²) in [6, 6.07) is 22.3. The lowest BCUT2D eigenvalue weighted by Gasteiger charge is -2.15. The molecular formula is C51H54ClN11O6. The average molecular weight is 953 g/mol. The smallest absolute Gasteiger partial charge is 0.247 e. The van der Waals surface area contributed by atoms with Crippen molar-refractivity contribution >= 4 is 81.1 Å². The number of methoxy groups -OCH3 is 2. The maximum atomic E-state index is 11.9. The first-order valence-electron chi connectivity index (χ1n) is 21.6. The van der Waals surface area contributed by atoms with Gasteiger partial charge >= 0.3 is 0 Å². The lowest BCUT2D eigenvalue weighted by Crippen LogP contribution is -2.21. The van der Waals surface area contributed by atoms with E-state index >= 15 is 0 Å². The van der Waals surface area contributed by atoms with Crippen LogP contribution in [0.25, 0.3) is 0 Å². The van der Waals surface area contributed by atoms with Crippen LogP contribution >= 0.6 is 11.6 Å². The number of carbonyl (C=O) groups excluding carboxylic acids is 4. The Morgan fingerprint density at radius 3 is 1.87 bits per heavy atom. The van der Waals surface area contributed by atoms with Crippen LogP contribution in [0.3, 0.4) is 0 Å². The Balaban J connectivity index is 0.000000188. The van der Waals surface area contributed by atoms with Gasteiger partial charge in [0.15, 0.2) is 5.78 Å². The summed E-state index contributed by atoms with van der Waals surface area (Å²) >= 11 is 5.78. The van der Waals surface area contributed by atoms with Gasteiger partial charge in [0.05, 0.1) is 27.3 Å². The number of rotatable bonds is 13. The molecule has 18 heteroatoms. The third kappa shape index (κ3) is 13.0. The Kier molecular flexibility index (Phi) is 16.7. The maximum absolute atomic E-state index is 11.9. The predicted octanol–water partition coefficient (Wildman–Crippen LogP) is 8.89. The minimum Gasteiger partial charge on any atom is -0.496 e. The van der Waals surface area contributed by atoms with Gasteiger partial charge in [0, 0.05) is 108 Å². The molecule has 0 saturated carbocycles. The van der Waals surface area contributed by atoms with Crippen molar-refractivity contribution in [3.63, 3.8) is 0 Å². The minimum atomic E-state index is -0.280. The number of anilines is 8. The second-order valence-corrected chi connectivity index (χ2v) is 16.3. The summed E-state index contributed by atoms with van der Waals surface area (Å²) in [5.41, 5.74) is 16.3. The summed E-state index contributed by atoms with van der Waals surface area (Å²) in [6.07, 6.45) is 6.27. The minimum absolute atomic E-state index is 0.00813. The van der Waals surface area contributed by atoms with E-state index < -0.39 is 0 Å². The third-order valence-corrected chi connectivity index (χ3v) is 11.3. The Labute approximate surface area is 405 Å². The molecule has 2 aliphatic rings. The molecule has 6 aromatic rings. The topological polar surface area (TPSA) is 219 Å². The molecule has 356 valence electrons. The second kappa shape index (κ2) is 22.9. The molecule has 0 atom stereocenters. The van der Waals surface area contributed by atoms with Crippen molar-refractivity contribution in [2.24, 2.45) is 0 Å². The molecule has 0 saturated heterocycles. The fourth-order valence-corrected chi connectivity index (χ4v) is 7.50. The van der Waals surface area contributed by atoms with Crippen LogP contribution in [0, 0.1) is 13.8 Å². The molecule has 0 unspecified atom stereocenters. The Morgan fingerprint density at radius 2 is 1.25 bits per heavy atom. The van der Waals surface area contributed by atoms with Gasteiger partial charge in [-0.25, -0.2) is 15.0 Å². The van der Waals surface area contributed by atoms with Crippen LogP contribution in [0.5, 0.6) is 11.5 Å². The number of carbonyl (C=O) groups is 4. The molecule has 17 nitrogen and oxygen atoms in total. The quantitative estimate of drug-likeness (QED) is 0.0415. The summed E-state index contributed by atoms with van der Waals surface area (Å²) < 4.78 is 10.7. The zero-order chi connectivity index (χ0) is 49.8. The van der Waals surface area contributed by atoms with Crippen LogP contribution in [0.15, 0.2) is 111 Å². The molecule has 0 bridgehead atoms. The lowest BCUT2D eigenvalue weighted by atomic mass is 10.1. The van der Waals surface area contributed by atoms with Crippen molar-refractivity contribution < 1.29 is 28.7 Å².